The second kappa shape index (κ2) is 8.88. The maximum atomic E-state index is 12.4. The molecule has 1 aliphatic rings. The van der Waals surface area contributed by atoms with Crippen molar-refractivity contribution in [2.24, 2.45) is 5.92 Å². The van der Waals surface area contributed by atoms with Gasteiger partial charge in [-0.25, -0.2) is 9.78 Å². The molecule has 1 aromatic carbocycles. The van der Waals surface area contributed by atoms with Gasteiger partial charge < -0.3 is 10.6 Å². The molecule has 1 aromatic heterocycles. The molecular weight excluding hydrogens is 377 g/mol. The van der Waals surface area contributed by atoms with E-state index < -0.39 is 12.7 Å². The number of rotatable bonds is 7. The van der Waals surface area contributed by atoms with Gasteiger partial charge in [-0.1, -0.05) is 12.1 Å². The van der Waals surface area contributed by atoms with Crippen molar-refractivity contribution >= 4 is 27.6 Å². The highest BCUT2D eigenvalue weighted by atomic mass is 32.1. The molecule has 0 aliphatic carbocycles. The number of hydrogen-bond acceptors (Lipinski definition) is 4. The Morgan fingerprint density at radius 3 is 2.89 bits per heavy atom. The van der Waals surface area contributed by atoms with E-state index in [9.17, 15) is 18.0 Å². The molecule has 1 atom stereocenters. The number of thiazole rings is 1. The summed E-state index contributed by atoms with van der Waals surface area (Å²) in [6.07, 6.45) is -1.90. The lowest BCUT2D eigenvalue weighted by molar-refractivity contribution is -0.143. The number of nitrogens with one attached hydrogen (secondary N) is 2. The zero-order valence-corrected chi connectivity index (χ0v) is 15.7. The van der Waals surface area contributed by atoms with E-state index in [0.29, 0.717) is 32.6 Å². The van der Waals surface area contributed by atoms with E-state index in [2.05, 4.69) is 15.6 Å². The van der Waals surface area contributed by atoms with E-state index in [0.717, 1.165) is 28.1 Å². The molecule has 2 aromatic rings. The fourth-order valence-electron chi connectivity index (χ4n) is 3.24. The second-order valence-corrected chi connectivity index (χ2v) is 7.94. The van der Waals surface area contributed by atoms with Gasteiger partial charge in [0.15, 0.2) is 0 Å². The smallest absolute Gasteiger partial charge is 0.338 e. The molecule has 1 saturated heterocycles. The van der Waals surface area contributed by atoms with Crippen molar-refractivity contribution in [3.8, 4) is 0 Å². The third-order valence-corrected chi connectivity index (χ3v) is 5.61. The Balaban J connectivity index is 1.29. The maximum absolute atomic E-state index is 12.4. The highest BCUT2D eigenvalue weighted by Crippen LogP contribution is 2.23. The Bertz CT molecular complexity index is 731. The molecule has 148 valence electrons. The Labute approximate surface area is 159 Å². The lowest BCUT2D eigenvalue weighted by Crippen LogP contribution is -2.39. The van der Waals surface area contributed by atoms with E-state index in [-0.39, 0.29) is 11.9 Å². The third kappa shape index (κ3) is 6.35. The van der Waals surface area contributed by atoms with E-state index in [1.54, 1.807) is 11.3 Å². The number of para-hydroxylation sites is 1. The maximum Gasteiger partial charge on any atom is 0.401 e. The van der Waals surface area contributed by atoms with Crippen molar-refractivity contribution in [3.05, 3.63) is 29.3 Å². The number of aromatic nitrogens is 1. The van der Waals surface area contributed by atoms with Gasteiger partial charge in [-0.2, -0.15) is 13.2 Å². The minimum absolute atomic E-state index is 0.0702. The molecule has 27 heavy (non-hydrogen) atoms. The molecule has 0 bridgehead atoms. The molecule has 5 nitrogen and oxygen atoms in total. The summed E-state index contributed by atoms with van der Waals surface area (Å²) < 4.78 is 38.3. The number of benzene rings is 1. The fourth-order valence-corrected chi connectivity index (χ4v) is 4.25. The van der Waals surface area contributed by atoms with Crippen molar-refractivity contribution in [1.29, 1.82) is 0 Å². The lowest BCUT2D eigenvalue weighted by atomic mass is 10.1. The van der Waals surface area contributed by atoms with Gasteiger partial charge >= 0.3 is 12.2 Å². The summed E-state index contributed by atoms with van der Waals surface area (Å²) in [6, 6.07) is 7.71. The van der Waals surface area contributed by atoms with E-state index >= 15 is 0 Å². The SMILES string of the molecule is O=C(NCCCc1nc2ccccc2s1)NCC1CCN(CC(F)(F)F)C1. The summed E-state index contributed by atoms with van der Waals surface area (Å²) >= 11 is 1.66. The average molecular weight is 400 g/mol. The summed E-state index contributed by atoms with van der Waals surface area (Å²) in [7, 11) is 0. The quantitative estimate of drug-likeness (QED) is 0.701. The Kier molecular flexibility index (Phi) is 6.54. The normalized spacial score (nSPS) is 18.1. The van der Waals surface area contributed by atoms with Crippen LogP contribution in [0.5, 0.6) is 0 Å². The fraction of sp³-hybridized carbons (Fsp3) is 0.556. The van der Waals surface area contributed by atoms with Gasteiger partial charge in [0.2, 0.25) is 0 Å². The number of likely N-dealkylation sites (tertiary alicyclic amines) is 1. The number of fused-ring (bicyclic) bond motifs is 1. The van der Waals surface area contributed by atoms with Crippen LogP contribution in [0.3, 0.4) is 0 Å². The van der Waals surface area contributed by atoms with Crippen LogP contribution in [-0.4, -0.2) is 54.8 Å². The van der Waals surface area contributed by atoms with Crippen molar-refractivity contribution < 1.29 is 18.0 Å². The molecular formula is C18H23F3N4OS. The number of nitrogens with zero attached hydrogens (tertiary/aromatic N) is 2. The first-order valence-electron chi connectivity index (χ1n) is 9.04. The molecule has 3 rings (SSSR count). The number of carbonyl (C=O) groups is 1. The van der Waals surface area contributed by atoms with Crippen LogP contribution in [0.15, 0.2) is 24.3 Å². The Morgan fingerprint density at radius 2 is 2.11 bits per heavy atom. The highest BCUT2D eigenvalue weighted by molar-refractivity contribution is 7.18. The van der Waals surface area contributed by atoms with Gasteiger partial charge in [0.25, 0.3) is 0 Å². The molecule has 1 aliphatic heterocycles. The van der Waals surface area contributed by atoms with Crippen molar-refractivity contribution in [2.75, 3.05) is 32.7 Å². The summed E-state index contributed by atoms with van der Waals surface area (Å²) in [4.78, 5) is 17.8. The van der Waals surface area contributed by atoms with E-state index in [1.165, 1.54) is 4.90 Å². The first-order valence-corrected chi connectivity index (χ1v) is 9.86. The molecule has 0 radical (unpaired) electrons. The van der Waals surface area contributed by atoms with E-state index in [1.807, 2.05) is 24.3 Å². The van der Waals surface area contributed by atoms with Gasteiger partial charge in [-0.15, -0.1) is 11.3 Å². The number of alkyl halides is 3. The highest BCUT2D eigenvalue weighted by Gasteiger charge is 2.34. The van der Waals surface area contributed by atoms with Crippen molar-refractivity contribution in [3.63, 3.8) is 0 Å². The molecule has 1 fully saturated rings. The number of amides is 2. The molecule has 2 amide bonds. The summed E-state index contributed by atoms with van der Waals surface area (Å²) in [6.45, 7) is 0.860. The van der Waals surface area contributed by atoms with E-state index in [4.69, 9.17) is 0 Å². The minimum Gasteiger partial charge on any atom is -0.338 e. The number of hydrogen-bond donors (Lipinski definition) is 2. The number of aryl methyl sites for hydroxylation is 1. The number of urea groups is 1. The third-order valence-electron chi connectivity index (χ3n) is 4.52. The molecule has 2 N–H and O–H groups in total. The molecule has 0 saturated carbocycles. The second-order valence-electron chi connectivity index (χ2n) is 6.82. The number of carbonyl (C=O) groups excluding carboxylic acids is 1. The lowest BCUT2D eigenvalue weighted by Gasteiger charge is -2.18. The largest absolute Gasteiger partial charge is 0.401 e. The topological polar surface area (TPSA) is 57.3 Å². The van der Waals surface area contributed by atoms with Gasteiger partial charge in [0.05, 0.1) is 21.8 Å². The van der Waals surface area contributed by atoms with Crippen LogP contribution >= 0.6 is 11.3 Å². The first kappa shape index (κ1) is 19.9. The Hall–Kier alpha value is -1.87. The summed E-state index contributed by atoms with van der Waals surface area (Å²) in [5, 5.41) is 6.60. The molecule has 2 heterocycles. The van der Waals surface area contributed by atoms with Crippen LogP contribution < -0.4 is 10.6 Å². The Morgan fingerprint density at radius 1 is 1.30 bits per heavy atom. The van der Waals surface area contributed by atoms with Crippen molar-refractivity contribution in [2.45, 2.75) is 25.4 Å². The van der Waals surface area contributed by atoms with Crippen LogP contribution in [0.2, 0.25) is 0 Å². The molecule has 0 spiro atoms. The zero-order valence-electron chi connectivity index (χ0n) is 14.9. The summed E-state index contributed by atoms with van der Waals surface area (Å²) in [5.74, 6) is 0.0702. The van der Waals surface area contributed by atoms with Crippen LogP contribution in [0, 0.1) is 5.92 Å². The van der Waals surface area contributed by atoms with Crippen LogP contribution in [0.4, 0.5) is 18.0 Å². The van der Waals surface area contributed by atoms with Crippen LogP contribution in [-0.2, 0) is 6.42 Å². The molecule has 1 unspecified atom stereocenters. The van der Waals surface area contributed by atoms with Gasteiger partial charge in [-0.05, 0) is 37.4 Å². The zero-order chi connectivity index (χ0) is 19.3. The average Bonchev–Trinajstić information content (AvgIpc) is 3.21. The van der Waals surface area contributed by atoms with Gasteiger partial charge in [-0.3, -0.25) is 4.90 Å². The molecule has 9 heteroatoms. The van der Waals surface area contributed by atoms with Crippen LogP contribution in [0.25, 0.3) is 10.2 Å². The predicted octanol–water partition coefficient (Wildman–Crippen LogP) is 3.41. The van der Waals surface area contributed by atoms with Crippen molar-refractivity contribution in [1.82, 2.24) is 20.5 Å². The monoisotopic (exact) mass is 400 g/mol. The van der Waals surface area contributed by atoms with Gasteiger partial charge in [0.1, 0.15) is 0 Å². The standard InChI is InChI=1S/C18H23F3N4OS/c19-18(20,21)12-25-9-7-13(11-25)10-23-17(26)22-8-3-6-16-24-14-4-1-2-5-15(14)27-16/h1-2,4-5,13H,3,6-12H2,(H2,22,23,26). The summed E-state index contributed by atoms with van der Waals surface area (Å²) in [5.41, 5.74) is 0.999. The van der Waals surface area contributed by atoms with Crippen LogP contribution in [0.1, 0.15) is 17.8 Å². The minimum atomic E-state index is -4.16. The number of halogens is 3. The first-order chi connectivity index (χ1) is 12.9. The predicted molar refractivity (Wildman–Crippen MR) is 99.9 cm³/mol. The van der Waals surface area contributed by atoms with Gasteiger partial charge in [0, 0.05) is 26.1 Å².